The molecule has 3 aromatic rings. The summed E-state index contributed by atoms with van der Waals surface area (Å²) >= 11 is 0. The average Bonchev–Trinajstić information content (AvgIpc) is 2.93. The van der Waals surface area contributed by atoms with Gasteiger partial charge in [0, 0.05) is 18.7 Å². The predicted molar refractivity (Wildman–Crippen MR) is 90.4 cm³/mol. The Morgan fingerprint density at radius 3 is 2.79 bits per heavy atom. The van der Waals surface area contributed by atoms with Gasteiger partial charge in [0.2, 0.25) is 0 Å². The van der Waals surface area contributed by atoms with E-state index < -0.39 is 0 Å². The highest BCUT2D eigenvalue weighted by atomic mass is 19.1. The number of para-hydroxylation sites is 2. The summed E-state index contributed by atoms with van der Waals surface area (Å²) < 4.78 is 21.0. The molecule has 1 fully saturated rings. The molecule has 0 saturated carbocycles. The first-order valence-electron chi connectivity index (χ1n) is 8.28. The van der Waals surface area contributed by atoms with Gasteiger partial charge in [0.15, 0.2) is 5.58 Å². The first kappa shape index (κ1) is 15.1. The van der Waals surface area contributed by atoms with Gasteiger partial charge >= 0.3 is 5.76 Å². The van der Waals surface area contributed by atoms with Crippen LogP contribution < -0.4 is 5.76 Å². The van der Waals surface area contributed by atoms with Crippen molar-refractivity contribution in [3.63, 3.8) is 0 Å². The highest BCUT2D eigenvalue weighted by Gasteiger charge is 2.25. The molecule has 1 saturated heterocycles. The molecule has 4 nitrogen and oxygen atoms in total. The van der Waals surface area contributed by atoms with Crippen LogP contribution in [0.1, 0.15) is 24.4 Å². The molecule has 0 spiro atoms. The summed E-state index contributed by atoms with van der Waals surface area (Å²) in [6.45, 7) is 2.20. The van der Waals surface area contributed by atoms with Crippen LogP contribution in [0, 0.1) is 5.82 Å². The van der Waals surface area contributed by atoms with Crippen molar-refractivity contribution in [2.75, 3.05) is 13.1 Å². The quantitative estimate of drug-likeness (QED) is 0.738. The first-order chi connectivity index (χ1) is 11.7. The molecule has 0 N–H and O–H groups in total. The molecule has 0 aliphatic carbocycles. The monoisotopic (exact) mass is 326 g/mol. The zero-order chi connectivity index (χ0) is 16.5. The van der Waals surface area contributed by atoms with E-state index in [2.05, 4.69) is 4.90 Å². The zero-order valence-corrected chi connectivity index (χ0v) is 13.3. The molecule has 1 aliphatic heterocycles. The summed E-state index contributed by atoms with van der Waals surface area (Å²) in [5, 5.41) is 0. The van der Waals surface area contributed by atoms with Crippen molar-refractivity contribution in [2.24, 2.45) is 0 Å². The average molecular weight is 326 g/mol. The molecule has 1 aliphatic rings. The maximum absolute atomic E-state index is 13.9. The number of hydrogen-bond donors (Lipinski definition) is 0. The molecule has 1 atom stereocenters. The van der Waals surface area contributed by atoms with Crippen molar-refractivity contribution in [2.45, 2.75) is 25.4 Å². The summed E-state index contributed by atoms with van der Waals surface area (Å²) in [6, 6.07) is 14.4. The largest absolute Gasteiger partial charge is 0.420 e. The van der Waals surface area contributed by atoms with Gasteiger partial charge in [-0.15, -0.1) is 0 Å². The van der Waals surface area contributed by atoms with Gasteiger partial charge in [-0.05, 0) is 37.6 Å². The fourth-order valence-electron chi connectivity index (χ4n) is 3.58. The molecule has 24 heavy (non-hydrogen) atoms. The number of hydrogen-bond acceptors (Lipinski definition) is 3. The fourth-order valence-corrected chi connectivity index (χ4v) is 3.58. The number of halogens is 1. The molecular weight excluding hydrogens is 307 g/mol. The maximum atomic E-state index is 13.9. The maximum Gasteiger partial charge on any atom is 0.420 e. The van der Waals surface area contributed by atoms with E-state index in [0.717, 1.165) is 31.4 Å². The van der Waals surface area contributed by atoms with Gasteiger partial charge < -0.3 is 4.42 Å². The van der Waals surface area contributed by atoms with Gasteiger partial charge in [-0.3, -0.25) is 9.47 Å². The number of fused-ring (bicyclic) bond motifs is 1. The van der Waals surface area contributed by atoms with Crippen LogP contribution in [0.25, 0.3) is 11.1 Å². The SMILES string of the molecule is O=c1oc2ccccc2n1[C@H]1CCCN(Cc2ccccc2F)C1. The Bertz CT molecular complexity index is 915. The van der Waals surface area contributed by atoms with Crippen LogP contribution in [-0.4, -0.2) is 22.6 Å². The minimum Gasteiger partial charge on any atom is -0.408 e. The fraction of sp³-hybridized carbons (Fsp3) is 0.316. The Morgan fingerprint density at radius 1 is 1.12 bits per heavy atom. The van der Waals surface area contributed by atoms with Crippen molar-refractivity contribution in [1.82, 2.24) is 9.47 Å². The van der Waals surface area contributed by atoms with Crippen molar-refractivity contribution in [3.05, 3.63) is 70.5 Å². The van der Waals surface area contributed by atoms with E-state index in [-0.39, 0.29) is 17.6 Å². The Kier molecular flexibility index (Phi) is 3.94. The number of piperidine rings is 1. The predicted octanol–water partition coefficient (Wildman–Crippen LogP) is 3.57. The van der Waals surface area contributed by atoms with Crippen LogP contribution in [0.4, 0.5) is 4.39 Å². The van der Waals surface area contributed by atoms with Crippen LogP contribution in [0.15, 0.2) is 57.7 Å². The van der Waals surface area contributed by atoms with Gasteiger partial charge in [0.25, 0.3) is 0 Å². The van der Waals surface area contributed by atoms with E-state index in [1.54, 1.807) is 10.6 Å². The van der Waals surface area contributed by atoms with E-state index in [1.165, 1.54) is 6.07 Å². The van der Waals surface area contributed by atoms with Gasteiger partial charge in [-0.2, -0.15) is 0 Å². The van der Waals surface area contributed by atoms with Crippen molar-refractivity contribution in [1.29, 1.82) is 0 Å². The number of benzene rings is 2. The first-order valence-corrected chi connectivity index (χ1v) is 8.28. The van der Waals surface area contributed by atoms with Gasteiger partial charge in [-0.1, -0.05) is 30.3 Å². The number of nitrogens with zero attached hydrogens (tertiary/aromatic N) is 2. The highest BCUT2D eigenvalue weighted by Crippen LogP contribution is 2.26. The highest BCUT2D eigenvalue weighted by molar-refractivity contribution is 5.72. The Balaban J connectivity index is 1.60. The second-order valence-electron chi connectivity index (χ2n) is 6.33. The van der Waals surface area contributed by atoms with Crippen LogP contribution in [0.2, 0.25) is 0 Å². The van der Waals surface area contributed by atoms with E-state index in [4.69, 9.17) is 4.42 Å². The summed E-state index contributed by atoms with van der Waals surface area (Å²) in [5.41, 5.74) is 2.15. The van der Waals surface area contributed by atoms with Crippen LogP contribution >= 0.6 is 0 Å². The van der Waals surface area contributed by atoms with E-state index in [1.807, 2.05) is 36.4 Å². The summed E-state index contributed by atoms with van der Waals surface area (Å²) in [5.74, 6) is -0.487. The van der Waals surface area contributed by atoms with E-state index in [9.17, 15) is 9.18 Å². The van der Waals surface area contributed by atoms with Gasteiger partial charge in [-0.25, -0.2) is 9.18 Å². The topological polar surface area (TPSA) is 38.4 Å². The third-order valence-electron chi connectivity index (χ3n) is 4.72. The number of likely N-dealkylation sites (tertiary alicyclic amines) is 1. The summed E-state index contributed by atoms with van der Waals surface area (Å²) in [6.07, 6.45) is 1.91. The van der Waals surface area contributed by atoms with Crippen LogP contribution in [0.3, 0.4) is 0 Å². The number of rotatable bonds is 3. The van der Waals surface area contributed by atoms with Crippen molar-refractivity contribution in [3.8, 4) is 0 Å². The normalized spacial score (nSPS) is 19.0. The van der Waals surface area contributed by atoms with Crippen molar-refractivity contribution >= 4 is 11.1 Å². The molecular formula is C19H19FN2O2. The van der Waals surface area contributed by atoms with Gasteiger partial charge in [0.05, 0.1) is 11.6 Å². The molecule has 0 amide bonds. The molecule has 0 unspecified atom stereocenters. The van der Waals surface area contributed by atoms with E-state index >= 15 is 0 Å². The Labute approximate surface area is 139 Å². The third-order valence-corrected chi connectivity index (χ3v) is 4.72. The third kappa shape index (κ3) is 2.76. The molecule has 0 bridgehead atoms. The lowest BCUT2D eigenvalue weighted by molar-refractivity contribution is 0.166. The van der Waals surface area contributed by atoms with E-state index in [0.29, 0.717) is 17.7 Å². The summed E-state index contributed by atoms with van der Waals surface area (Å²) in [4.78, 5) is 14.5. The second-order valence-corrected chi connectivity index (χ2v) is 6.33. The van der Waals surface area contributed by atoms with Crippen LogP contribution in [0.5, 0.6) is 0 Å². The number of aromatic nitrogens is 1. The second kappa shape index (κ2) is 6.24. The molecule has 0 radical (unpaired) electrons. The molecule has 4 rings (SSSR count). The molecule has 2 aromatic carbocycles. The Hall–Kier alpha value is -2.40. The van der Waals surface area contributed by atoms with Crippen molar-refractivity contribution < 1.29 is 8.81 Å². The summed E-state index contributed by atoms with van der Waals surface area (Å²) in [7, 11) is 0. The molecule has 2 heterocycles. The minimum absolute atomic E-state index is 0.0571. The lowest BCUT2D eigenvalue weighted by atomic mass is 10.0. The van der Waals surface area contributed by atoms with Crippen LogP contribution in [-0.2, 0) is 6.54 Å². The number of oxazole rings is 1. The molecule has 1 aromatic heterocycles. The smallest absolute Gasteiger partial charge is 0.408 e. The minimum atomic E-state index is -0.311. The zero-order valence-electron chi connectivity index (χ0n) is 13.3. The lowest BCUT2D eigenvalue weighted by Crippen LogP contribution is -2.38. The Morgan fingerprint density at radius 2 is 1.92 bits per heavy atom. The van der Waals surface area contributed by atoms with Gasteiger partial charge in [0.1, 0.15) is 5.82 Å². The molecule has 5 heteroatoms. The molecule has 124 valence electrons. The lowest BCUT2D eigenvalue weighted by Gasteiger charge is -2.33. The standard InChI is InChI=1S/C19H19FN2O2/c20-16-8-2-1-6-14(16)12-21-11-5-7-15(13-21)22-17-9-3-4-10-18(17)24-19(22)23/h1-4,6,8-10,15H,5,7,11-13H2/t15-/m0/s1.